The lowest BCUT2D eigenvalue weighted by molar-refractivity contribution is -0.142. The standard InChI is InChI=1S/C14H19N3O3/c1-20-13(18)10-16-5-7-17(8-6-16)14(19)11-3-2-4-12(15)9-11/h2-4,9H,5-8,10,15H2,1H3. The van der Waals surface area contributed by atoms with Gasteiger partial charge in [0.1, 0.15) is 0 Å². The summed E-state index contributed by atoms with van der Waals surface area (Å²) in [6.45, 7) is 2.82. The quantitative estimate of drug-likeness (QED) is 0.631. The van der Waals surface area contributed by atoms with E-state index in [4.69, 9.17) is 5.73 Å². The molecule has 20 heavy (non-hydrogen) atoms. The summed E-state index contributed by atoms with van der Waals surface area (Å²) in [7, 11) is 1.38. The van der Waals surface area contributed by atoms with Crippen molar-refractivity contribution in [1.29, 1.82) is 0 Å². The summed E-state index contributed by atoms with van der Waals surface area (Å²) in [5.41, 5.74) is 6.87. The van der Waals surface area contributed by atoms with Crippen molar-refractivity contribution in [2.75, 3.05) is 45.6 Å². The number of nitrogens with two attached hydrogens (primary N) is 1. The van der Waals surface area contributed by atoms with Crippen molar-refractivity contribution in [3.05, 3.63) is 29.8 Å². The maximum Gasteiger partial charge on any atom is 0.319 e. The molecule has 1 aliphatic rings. The molecule has 0 aliphatic carbocycles. The molecule has 1 aliphatic heterocycles. The molecule has 1 fully saturated rings. The Morgan fingerprint density at radius 3 is 2.55 bits per heavy atom. The molecule has 6 nitrogen and oxygen atoms in total. The van der Waals surface area contributed by atoms with Gasteiger partial charge in [-0.1, -0.05) is 6.07 Å². The molecule has 0 bridgehead atoms. The van der Waals surface area contributed by atoms with Gasteiger partial charge in [-0.15, -0.1) is 0 Å². The minimum absolute atomic E-state index is 0.0185. The maximum atomic E-state index is 12.3. The third-order valence-corrected chi connectivity index (χ3v) is 3.37. The van der Waals surface area contributed by atoms with Crippen LogP contribution in [-0.4, -0.2) is 61.5 Å². The lowest BCUT2D eigenvalue weighted by atomic mass is 10.1. The highest BCUT2D eigenvalue weighted by Gasteiger charge is 2.23. The van der Waals surface area contributed by atoms with Gasteiger partial charge in [-0.25, -0.2) is 0 Å². The van der Waals surface area contributed by atoms with Gasteiger partial charge in [0.25, 0.3) is 5.91 Å². The molecule has 108 valence electrons. The molecule has 1 aromatic carbocycles. The van der Waals surface area contributed by atoms with Crippen LogP contribution in [0.4, 0.5) is 5.69 Å². The van der Waals surface area contributed by atoms with E-state index in [1.54, 1.807) is 29.2 Å². The number of piperazine rings is 1. The summed E-state index contributed by atoms with van der Waals surface area (Å²) in [4.78, 5) is 27.3. The van der Waals surface area contributed by atoms with Crippen LogP contribution in [0.15, 0.2) is 24.3 Å². The van der Waals surface area contributed by atoms with Crippen LogP contribution in [0.1, 0.15) is 10.4 Å². The number of amides is 1. The Labute approximate surface area is 118 Å². The van der Waals surface area contributed by atoms with E-state index in [-0.39, 0.29) is 18.4 Å². The van der Waals surface area contributed by atoms with E-state index in [1.165, 1.54) is 7.11 Å². The zero-order valence-corrected chi connectivity index (χ0v) is 11.5. The smallest absolute Gasteiger partial charge is 0.319 e. The van der Waals surface area contributed by atoms with Gasteiger partial charge in [0.2, 0.25) is 0 Å². The Balaban J connectivity index is 1.90. The molecule has 0 unspecified atom stereocenters. The molecule has 1 amide bonds. The molecule has 0 spiro atoms. The van der Waals surface area contributed by atoms with E-state index in [9.17, 15) is 9.59 Å². The van der Waals surface area contributed by atoms with Crippen molar-refractivity contribution < 1.29 is 14.3 Å². The van der Waals surface area contributed by atoms with Gasteiger partial charge in [-0.3, -0.25) is 14.5 Å². The van der Waals surface area contributed by atoms with Crippen LogP contribution >= 0.6 is 0 Å². The van der Waals surface area contributed by atoms with Crippen molar-refractivity contribution in [1.82, 2.24) is 9.80 Å². The predicted octanol–water partition coefficient (Wildman–Crippen LogP) is 0.200. The molecule has 0 radical (unpaired) electrons. The first kappa shape index (κ1) is 14.3. The number of carbonyl (C=O) groups is 2. The summed E-state index contributed by atoms with van der Waals surface area (Å²) in [6, 6.07) is 6.98. The topological polar surface area (TPSA) is 75.9 Å². The summed E-state index contributed by atoms with van der Waals surface area (Å²) in [5.74, 6) is -0.268. The summed E-state index contributed by atoms with van der Waals surface area (Å²) < 4.78 is 4.63. The fraction of sp³-hybridized carbons (Fsp3) is 0.429. The molecule has 0 saturated carbocycles. The molecule has 1 saturated heterocycles. The highest BCUT2D eigenvalue weighted by atomic mass is 16.5. The second-order valence-corrected chi connectivity index (χ2v) is 4.77. The number of rotatable bonds is 3. The Morgan fingerprint density at radius 1 is 1.25 bits per heavy atom. The van der Waals surface area contributed by atoms with Crippen LogP contribution in [0, 0.1) is 0 Å². The zero-order chi connectivity index (χ0) is 14.5. The summed E-state index contributed by atoms with van der Waals surface area (Å²) >= 11 is 0. The number of ether oxygens (including phenoxy) is 1. The van der Waals surface area contributed by atoms with E-state index in [0.717, 1.165) is 0 Å². The fourth-order valence-electron chi connectivity index (χ4n) is 2.21. The van der Waals surface area contributed by atoms with Crippen molar-refractivity contribution in [2.24, 2.45) is 0 Å². The number of nitrogens with zero attached hydrogens (tertiary/aromatic N) is 2. The van der Waals surface area contributed by atoms with Gasteiger partial charge in [0.15, 0.2) is 0 Å². The number of carbonyl (C=O) groups excluding carboxylic acids is 2. The minimum atomic E-state index is -0.249. The second kappa shape index (κ2) is 6.38. The van der Waals surface area contributed by atoms with Crippen LogP contribution in [0.3, 0.4) is 0 Å². The van der Waals surface area contributed by atoms with E-state index >= 15 is 0 Å². The van der Waals surface area contributed by atoms with Crippen LogP contribution in [-0.2, 0) is 9.53 Å². The van der Waals surface area contributed by atoms with Crippen molar-refractivity contribution in [3.8, 4) is 0 Å². The molecule has 2 N–H and O–H groups in total. The van der Waals surface area contributed by atoms with E-state index in [0.29, 0.717) is 37.4 Å². The Kier molecular flexibility index (Phi) is 4.57. The van der Waals surface area contributed by atoms with Gasteiger partial charge in [-0.05, 0) is 18.2 Å². The molecule has 0 atom stereocenters. The predicted molar refractivity (Wildman–Crippen MR) is 75.2 cm³/mol. The van der Waals surface area contributed by atoms with Gasteiger partial charge in [0.05, 0.1) is 13.7 Å². The summed E-state index contributed by atoms with van der Waals surface area (Å²) in [6.07, 6.45) is 0. The Morgan fingerprint density at radius 2 is 1.95 bits per heavy atom. The first-order valence-electron chi connectivity index (χ1n) is 6.54. The molecule has 1 heterocycles. The van der Waals surface area contributed by atoms with Gasteiger partial charge in [-0.2, -0.15) is 0 Å². The third kappa shape index (κ3) is 3.48. The van der Waals surface area contributed by atoms with E-state index in [2.05, 4.69) is 4.74 Å². The SMILES string of the molecule is COC(=O)CN1CCN(C(=O)c2cccc(N)c2)CC1. The lowest BCUT2D eigenvalue weighted by Gasteiger charge is -2.34. The average Bonchev–Trinajstić information content (AvgIpc) is 2.47. The highest BCUT2D eigenvalue weighted by Crippen LogP contribution is 2.11. The average molecular weight is 277 g/mol. The van der Waals surface area contributed by atoms with E-state index < -0.39 is 0 Å². The van der Waals surface area contributed by atoms with E-state index in [1.807, 2.05) is 4.90 Å². The third-order valence-electron chi connectivity index (χ3n) is 3.37. The van der Waals surface area contributed by atoms with Crippen LogP contribution in [0.2, 0.25) is 0 Å². The largest absolute Gasteiger partial charge is 0.468 e. The number of hydrogen-bond donors (Lipinski definition) is 1. The van der Waals surface area contributed by atoms with Gasteiger partial charge in [0, 0.05) is 37.4 Å². The normalized spacial score (nSPS) is 15.9. The first-order valence-corrected chi connectivity index (χ1v) is 6.54. The van der Waals surface area contributed by atoms with Gasteiger partial charge >= 0.3 is 5.97 Å². The molecule has 2 rings (SSSR count). The monoisotopic (exact) mass is 277 g/mol. The number of methoxy groups -OCH3 is 1. The molecule has 1 aromatic rings. The molecular weight excluding hydrogens is 258 g/mol. The molecule has 0 aromatic heterocycles. The number of esters is 1. The highest BCUT2D eigenvalue weighted by molar-refractivity contribution is 5.95. The van der Waals surface area contributed by atoms with Gasteiger partial charge < -0.3 is 15.4 Å². The number of anilines is 1. The second-order valence-electron chi connectivity index (χ2n) is 4.77. The number of hydrogen-bond acceptors (Lipinski definition) is 5. The number of benzene rings is 1. The Bertz CT molecular complexity index is 496. The van der Waals surface area contributed by atoms with Crippen LogP contribution < -0.4 is 5.73 Å². The molecule has 6 heteroatoms. The Hall–Kier alpha value is -2.08. The minimum Gasteiger partial charge on any atom is -0.468 e. The first-order chi connectivity index (χ1) is 9.60. The van der Waals surface area contributed by atoms with Crippen LogP contribution in [0.5, 0.6) is 0 Å². The molecular formula is C14H19N3O3. The lowest BCUT2D eigenvalue weighted by Crippen LogP contribution is -2.50. The van der Waals surface area contributed by atoms with Crippen molar-refractivity contribution in [2.45, 2.75) is 0 Å². The van der Waals surface area contributed by atoms with Crippen LogP contribution in [0.25, 0.3) is 0 Å². The summed E-state index contributed by atoms with van der Waals surface area (Å²) in [5, 5.41) is 0. The fourth-order valence-corrected chi connectivity index (χ4v) is 2.21. The van der Waals surface area contributed by atoms with Crippen molar-refractivity contribution in [3.63, 3.8) is 0 Å². The number of nitrogen functional groups attached to an aromatic ring is 1. The maximum absolute atomic E-state index is 12.3. The zero-order valence-electron chi connectivity index (χ0n) is 11.5. The van der Waals surface area contributed by atoms with Crippen molar-refractivity contribution >= 4 is 17.6 Å².